The van der Waals surface area contributed by atoms with Crippen molar-refractivity contribution in [1.29, 1.82) is 0 Å². The summed E-state index contributed by atoms with van der Waals surface area (Å²) in [7, 11) is 4.12. The molecule has 0 atom stereocenters. The van der Waals surface area contributed by atoms with Crippen LogP contribution in [0.5, 0.6) is 0 Å². The fourth-order valence-electron chi connectivity index (χ4n) is 1.06. The van der Waals surface area contributed by atoms with E-state index in [1.165, 1.54) is 20.4 Å². The Morgan fingerprint density at radius 3 is 1.75 bits per heavy atom. The average molecular weight is 227 g/mol. The van der Waals surface area contributed by atoms with Crippen molar-refractivity contribution in [1.82, 2.24) is 4.90 Å². The van der Waals surface area contributed by atoms with Gasteiger partial charge in [0.2, 0.25) is 0 Å². The number of ether oxygens (including phenoxy) is 2. The van der Waals surface area contributed by atoms with E-state index in [0.717, 1.165) is 5.57 Å². The number of nitrogens with zero attached hydrogens (tertiary/aromatic N) is 1. The summed E-state index contributed by atoms with van der Waals surface area (Å²) in [6, 6.07) is 0. The average Bonchev–Trinajstić information content (AvgIpc) is 2.22. The Labute approximate surface area is 95.3 Å². The van der Waals surface area contributed by atoms with Gasteiger partial charge in [-0.25, -0.2) is 9.59 Å². The van der Waals surface area contributed by atoms with E-state index in [2.05, 4.69) is 9.47 Å². The molecule has 0 saturated heterocycles. The molecule has 0 aromatic rings. The van der Waals surface area contributed by atoms with E-state index in [-0.39, 0.29) is 5.57 Å². The van der Waals surface area contributed by atoms with Gasteiger partial charge in [-0.15, -0.1) is 0 Å². The SMILES string of the molecule is COC(=O)C(=CN(C)C=C(C)C)C(=O)OC. The summed E-state index contributed by atoms with van der Waals surface area (Å²) in [6.45, 7) is 3.81. The van der Waals surface area contributed by atoms with E-state index in [1.54, 1.807) is 18.1 Å². The minimum absolute atomic E-state index is 0.148. The maximum Gasteiger partial charge on any atom is 0.346 e. The van der Waals surface area contributed by atoms with Gasteiger partial charge in [-0.2, -0.15) is 0 Å². The van der Waals surface area contributed by atoms with Gasteiger partial charge in [0.25, 0.3) is 0 Å². The topological polar surface area (TPSA) is 55.8 Å². The first-order valence-corrected chi connectivity index (χ1v) is 4.67. The highest BCUT2D eigenvalue weighted by atomic mass is 16.5. The second kappa shape index (κ2) is 6.66. The smallest absolute Gasteiger partial charge is 0.346 e. The van der Waals surface area contributed by atoms with Crippen LogP contribution in [0.15, 0.2) is 23.5 Å². The van der Waals surface area contributed by atoms with Crippen LogP contribution in [0.4, 0.5) is 0 Å². The monoisotopic (exact) mass is 227 g/mol. The second-order valence-electron chi connectivity index (χ2n) is 3.40. The molecular weight excluding hydrogens is 210 g/mol. The zero-order valence-electron chi connectivity index (χ0n) is 10.2. The number of rotatable bonds is 4. The maximum atomic E-state index is 11.3. The fourth-order valence-corrected chi connectivity index (χ4v) is 1.06. The maximum absolute atomic E-state index is 11.3. The molecule has 0 N–H and O–H groups in total. The van der Waals surface area contributed by atoms with Crippen LogP contribution in [0, 0.1) is 0 Å². The van der Waals surface area contributed by atoms with E-state index in [0.29, 0.717) is 0 Å². The van der Waals surface area contributed by atoms with Gasteiger partial charge >= 0.3 is 11.9 Å². The molecule has 0 aliphatic heterocycles. The van der Waals surface area contributed by atoms with E-state index in [9.17, 15) is 9.59 Å². The van der Waals surface area contributed by atoms with Crippen molar-refractivity contribution < 1.29 is 19.1 Å². The first-order valence-electron chi connectivity index (χ1n) is 4.67. The van der Waals surface area contributed by atoms with Gasteiger partial charge in [-0.05, 0) is 13.8 Å². The lowest BCUT2D eigenvalue weighted by Crippen LogP contribution is -2.18. The first-order chi connectivity index (χ1) is 7.42. The van der Waals surface area contributed by atoms with Gasteiger partial charge in [-0.3, -0.25) is 0 Å². The normalized spacial score (nSPS) is 8.81. The van der Waals surface area contributed by atoms with Crippen molar-refractivity contribution in [2.75, 3.05) is 21.3 Å². The lowest BCUT2D eigenvalue weighted by atomic mass is 10.3. The number of hydrogen-bond acceptors (Lipinski definition) is 5. The van der Waals surface area contributed by atoms with Crippen molar-refractivity contribution in [2.24, 2.45) is 0 Å². The second-order valence-corrected chi connectivity index (χ2v) is 3.40. The molecule has 0 aromatic carbocycles. The van der Waals surface area contributed by atoms with Crippen LogP contribution in [0.1, 0.15) is 13.8 Å². The number of carbonyl (C=O) groups excluding carboxylic acids is 2. The molecule has 0 aliphatic rings. The van der Waals surface area contributed by atoms with Crippen LogP contribution in [0.2, 0.25) is 0 Å². The Kier molecular flexibility index (Phi) is 5.92. The van der Waals surface area contributed by atoms with E-state index in [4.69, 9.17) is 0 Å². The van der Waals surface area contributed by atoms with Crippen LogP contribution in [0.25, 0.3) is 0 Å². The highest BCUT2D eigenvalue weighted by Gasteiger charge is 2.20. The largest absolute Gasteiger partial charge is 0.465 e. The summed E-state index contributed by atoms with van der Waals surface area (Å²) in [6.07, 6.45) is 3.14. The summed E-state index contributed by atoms with van der Waals surface area (Å²) in [5, 5.41) is 0. The molecule has 90 valence electrons. The Hall–Kier alpha value is -1.78. The molecule has 5 nitrogen and oxygen atoms in total. The van der Waals surface area contributed by atoms with Crippen LogP contribution in [0.3, 0.4) is 0 Å². The minimum atomic E-state index is -0.721. The molecule has 5 heteroatoms. The molecule has 0 bridgehead atoms. The molecule has 0 unspecified atom stereocenters. The van der Waals surface area contributed by atoms with E-state index < -0.39 is 11.9 Å². The molecule has 0 rings (SSSR count). The van der Waals surface area contributed by atoms with Gasteiger partial charge in [0.15, 0.2) is 5.57 Å². The van der Waals surface area contributed by atoms with Gasteiger partial charge in [-0.1, -0.05) is 5.57 Å². The number of methoxy groups -OCH3 is 2. The third kappa shape index (κ3) is 4.63. The molecule has 0 aromatic heterocycles. The van der Waals surface area contributed by atoms with Gasteiger partial charge < -0.3 is 14.4 Å². The Bertz CT molecular complexity index is 309. The van der Waals surface area contributed by atoms with Crippen LogP contribution >= 0.6 is 0 Å². The Morgan fingerprint density at radius 1 is 1.00 bits per heavy atom. The van der Waals surface area contributed by atoms with Gasteiger partial charge in [0.05, 0.1) is 14.2 Å². The third-order valence-electron chi connectivity index (χ3n) is 1.61. The molecule has 0 heterocycles. The summed E-state index contributed by atoms with van der Waals surface area (Å²) in [4.78, 5) is 24.2. The standard InChI is InChI=1S/C11H17NO4/c1-8(2)6-12(3)7-9(10(13)15-4)11(14)16-5/h6-7H,1-5H3. The number of esters is 2. The molecule has 0 aliphatic carbocycles. The molecular formula is C11H17NO4. The summed E-state index contributed by atoms with van der Waals surface area (Å²) in [5.74, 6) is -1.44. The Balaban J connectivity index is 5.03. The molecule has 0 fully saturated rings. The molecule has 0 radical (unpaired) electrons. The lowest BCUT2D eigenvalue weighted by Gasteiger charge is -2.11. The van der Waals surface area contributed by atoms with Gasteiger partial charge in [0.1, 0.15) is 0 Å². The predicted molar refractivity (Wildman–Crippen MR) is 59.3 cm³/mol. The first kappa shape index (κ1) is 14.2. The molecule has 0 spiro atoms. The van der Waals surface area contributed by atoms with Crippen molar-refractivity contribution in [2.45, 2.75) is 13.8 Å². The Morgan fingerprint density at radius 2 is 1.44 bits per heavy atom. The number of allylic oxidation sites excluding steroid dienone is 1. The number of hydrogen-bond donors (Lipinski definition) is 0. The lowest BCUT2D eigenvalue weighted by molar-refractivity contribution is -0.144. The van der Waals surface area contributed by atoms with E-state index in [1.807, 2.05) is 13.8 Å². The quantitative estimate of drug-likeness (QED) is 0.311. The van der Waals surface area contributed by atoms with Crippen LogP contribution in [-0.2, 0) is 19.1 Å². The highest BCUT2D eigenvalue weighted by molar-refractivity contribution is 6.13. The fraction of sp³-hybridized carbons (Fsp3) is 0.455. The zero-order valence-corrected chi connectivity index (χ0v) is 10.2. The number of carbonyl (C=O) groups is 2. The van der Waals surface area contributed by atoms with Crippen LogP contribution < -0.4 is 0 Å². The molecule has 0 amide bonds. The molecule has 16 heavy (non-hydrogen) atoms. The third-order valence-corrected chi connectivity index (χ3v) is 1.61. The molecule has 0 saturated carbocycles. The van der Waals surface area contributed by atoms with E-state index >= 15 is 0 Å². The van der Waals surface area contributed by atoms with Crippen LogP contribution in [-0.4, -0.2) is 38.1 Å². The minimum Gasteiger partial charge on any atom is -0.465 e. The van der Waals surface area contributed by atoms with Gasteiger partial charge in [0, 0.05) is 19.4 Å². The predicted octanol–water partition coefficient (Wildman–Crippen LogP) is 1.07. The summed E-state index contributed by atoms with van der Waals surface area (Å²) < 4.78 is 8.97. The summed E-state index contributed by atoms with van der Waals surface area (Å²) >= 11 is 0. The summed E-state index contributed by atoms with van der Waals surface area (Å²) in [5.41, 5.74) is 0.887. The zero-order chi connectivity index (χ0) is 12.7. The van der Waals surface area contributed by atoms with Crippen molar-refractivity contribution in [3.05, 3.63) is 23.5 Å². The van der Waals surface area contributed by atoms with Crippen molar-refractivity contribution in [3.63, 3.8) is 0 Å². The van der Waals surface area contributed by atoms with Crippen molar-refractivity contribution >= 4 is 11.9 Å². The van der Waals surface area contributed by atoms with Crippen molar-refractivity contribution in [3.8, 4) is 0 Å². The highest BCUT2D eigenvalue weighted by Crippen LogP contribution is 2.04.